The number of nitrogens with zero attached hydrogens (tertiary/aromatic N) is 2. The summed E-state index contributed by atoms with van der Waals surface area (Å²) >= 11 is 0. The summed E-state index contributed by atoms with van der Waals surface area (Å²) in [6.45, 7) is 12.8. The van der Waals surface area contributed by atoms with Crippen LogP contribution < -0.4 is 0 Å². The van der Waals surface area contributed by atoms with Crippen molar-refractivity contribution in [3.8, 4) is 0 Å². The molecule has 0 aromatic carbocycles. The van der Waals surface area contributed by atoms with Crippen LogP contribution >= 0.6 is 0 Å². The Kier molecular flexibility index (Phi) is 18.7. The van der Waals surface area contributed by atoms with E-state index >= 15 is 0 Å². The Bertz CT molecular complexity index is 289. The summed E-state index contributed by atoms with van der Waals surface area (Å²) in [5, 5.41) is 0. The van der Waals surface area contributed by atoms with Crippen LogP contribution in [0.15, 0.2) is 0 Å². The topological polar surface area (TPSA) is 6.48 Å². The Morgan fingerprint density at radius 2 is 0.929 bits per heavy atom. The molecule has 0 spiro atoms. The molecule has 0 N–H and O–H groups in total. The van der Waals surface area contributed by atoms with Crippen LogP contribution in [0, 0.1) is 0 Å². The van der Waals surface area contributed by atoms with Gasteiger partial charge in [0, 0.05) is 0 Å². The van der Waals surface area contributed by atoms with Gasteiger partial charge in [-0.25, -0.2) is 0 Å². The van der Waals surface area contributed by atoms with Crippen molar-refractivity contribution >= 4 is 0 Å². The van der Waals surface area contributed by atoms with Crippen LogP contribution in [-0.4, -0.2) is 49.1 Å². The van der Waals surface area contributed by atoms with Gasteiger partial charge in [0.25, 0.3) is 0 Å². The number of likely N-dealkylation sites (tertiary alicyclic amines) is 1. The highest BCUT2D eigenvalue weighted by molar-refractivity contribution is 4.64. The van der Waals surface area contributed by atoms with E-state index in [2.05, 4.69) is 23.6 Å². The Balaban J connectivity index is 1.87. The van der Waals surface area contributed by atoms with Crippen molar-refractivity contribution in [1.82, 2.24) is 9.80 Å². The first kappa shape index (κ1) is 26.0. The highest BCUT2D eigenvalue weighted by atomic mass is 15.1. The van der Waals surface area contributed by atoms with Crippen LogP contribution in [0.1, 0.15) is 129 Å². The predicted octanol–water partition coefficient (Wildman–Crippen LogP) is 7.67. The van der Waals surface area contributed by atoms with Gasteiger partial charge in [0.05, 0.1) is 0 Å². The minimum atomic E-state index is 1.34. The lowest BCUT2D eigenvalue weighted by Gasteiger charge is -2.26. The number of hydrogen-bond acceptors (Lipinski definition) is 2. The molecular formula is C26H54N2. The summed E-state index contributed by atoms with van der Waals surface area (Å²) in [7, 11) is 0. The summed E-state index contributed by atoms with van der Waals surface area (Å²) in [6, 6.07) is 0. The second kappa shape index (κ2) is 20.2. The first-order chi connectivity index (χ1) is 13.9. The average molecular weight is 395 g/mol. The van der Waals surface area contributed by atoms with Crippen molar-refractivity contribution in [1.29, 1.82) is 0 Å². The van der Waals surface area contributed by atoms with E-state index < -0.39 is 0 Å². The van der Waals surface area contributed by atoms with Crippen molar-refractivity contribution in [2.75, 3.05) is 39.3 Å². The summed E-state index contributed by atoms with van der Waals surface area (Å²) in [4.78, 5) is 5.45. The van der Waals surface area contributed by atoms with Gasteiger partial charge in [-0.05, 0) is 77.8 Å². The number of hydrogen-bond donors (Lipinski definition) is 0. The molecule has 1 heterocycles. The summed E-state index contributed by atoms with van der Waals surface area (Å²) in [5.74, 6) is 0. The molecule has 0 aromatic rings. The maximum Gasteiger partial charge on any atom is -0.00187 e. The molecule has 0 aromatic heterocycles. The maximum atomic E-state index is 2.76. The third-order valence-corrected chi connectivity index (χ3v) is 6.55. The van der Waals surface area contributed by atoms with Crippen molar-refractivity contribution in [3.05, 3.63) is 0 Å². The summed E-state index contributed by atoms with van der Waals surface area (Å²) < 4.78 is 0. The van der Waals surface area contributed by atoms with Crippen molar-refractivity contribution in [2.24, 2.45) is 0 Å². The molecule has 168 valence electrons. The van der Waals surface area contributed by atoms with Crippen LogP contribution in [0.4, 0.5) is 0 Å². The van der Waals surface area contributed by atoms with E-state index in [-0.39, 0.29) is 0 Å². The molecule has 0 atom stereocenters. The Morgan fingerprint density at radius 3 is 1.43 bits per heavy atom. The molecular weight excluding hydrogens is 340 g/mol. The quantitative estimate of drug-likeness (QED) is 0.195. The Morgan fingerprint density at radius 1 is 0.500 bits per heavy atom. The standard InChI is InChI=1S/C26H54N2/c1-3-5-15-21-27(22-16-6-4-2)23-17-12-10-8-7-9-11-13-18-24-28-25-19-14-20-26-28/h3-26H2,1-2H3. The van der Waals surface area contributed by atoms with Crippen LogP contribution in [0.2, 0.25) is 0 Å². The first-order valence-corrected chi connectivity index (χ1v) is 13.3. The Labute approximate surface area is 178 Å². The molecule has 0 radical (unpaired) electrons. The monoisotopic (exact) mass is 394 g/mol. The largest absolute Gasteiger partial charge is 0.303 e. The number of piperidine rings is 1. The highest BCUT2D eigenvalue weighted by Crippen LogP contribution is 2.13. The van der Waals surface area contributed by atoms with Gasteiger partial charge in [0.1, 0.15) is 0 Å². The van der Waals surface area contributed by atoms with Gasteiger partial charge < -0.3 is 9.80 Å². The molecule has 1 rings (SSSR count). The number of unbranched alkanes of at least 4 members (excludes halogenated alkanes) is 12. The third kappa shape index (κ3) is 15.8. The van der Waals surface area contributed by atoms with Crippen LogP contribution in [0.25, 0.3) is 0 Å². The molecule has 1 fully saturated rings. The SMILES string of the molecule is CCCCCN(CCCCC)CCCCCCCCCCCN1CCCCC1. The normalized spacial score (nSPS) is 15.5. The van der Waals surface area contributed by atoms with E-state index in [4.69, 9.17) is 0 Å². The van der Waals surface area contributed by atoms with Crippen LogP contribution in [-0.2, 0) is 0 Å². The van der Waals surface area contributed by atoms with E-state index in [9.17, 15) is 0 Å². The minimum absolute atomic E-state index is 1.34. The number of rotatable bonds is 20. The fraction of sp³-hybridized carbons (Fsp3) is 1.00. The molecule has 1 saturated heterocycles. The average Bonchev–Trinajstić information content (AvgIpc) is 2.72. The molecule has 28 heavy (non-hydrogen) atoms. The maximum absolute atomic E-state index is 2.76. The van der Waals surface area contributed by atoms with E-state index in [0.29, 0.717) is 0 Å². The fourth-order valence-electron chi connectivity index (χ4n) is 4.60. The highest BCUT2D eigenvalue weighted by Gasteiger charge is 2.08. The van der Waals surface area contributed by atoms with Crippen LogP contribution in [0.3, 0.4) is 0 Å². The molecule has 1 aliphatic heterocycles. The molecule has 0 amide bonds. The minimum Gasteiger partial charge on any atom is -0.303 e. The lowest BCUT2D eigenvalue weighted by molar-refractivity contribution is 0.224. The van der Waals surface area contributed by atoms with Gasteiger partial charge in [-0.1, -0.05) is 90.9 Å². The van der Waals surface area contributed by atoms with Gasteiger partial charge in [0.2, 0.25) is 0 Å². The van der Waals surface area contributed by atoms with Crippen molar-refractivity contribution < 1.29 is 0 Å². The van der Waals surface area contributed by atoms with Crippen molar-refractivity contribution in [3.63, 3.8) is 0 Å². The van der Waals surface area contributed by atoms with Crippen molar-refractivity contribution in [2.45, 2.75) is 129 Å². The van der Waals surface area contributed by atoms with E-state index in [1.54, 1.807) is 0 Å². The zero-order valence-electron chi connectivity index (χ0n) is 19.9. The molecule has 0 aliphatic carbocycles. The second-order valence-electron chi connectivity index (χ2n) is 9.34. The van der Waals surface area contributed by atoms with Gasteiger partial charge >= 0.3 is 0 Å². The predicted molar refractivity (Wildman–Crippen MR) is 127 cm³/mol. The molecule has 1 aliphatic rings. The molecule has 0 unspecified atom stereocenters. The second-order valence-corrected chi connectivity index (χ2v) is 9.34. The fourth-order valence-corrected chi connectivity index (χ4v) is 4.60. The third-order valence-electron chi connectivity index (χ3n) is 6.55. The zero-order chi connectivity index (χ0) is 20.1. The van der Waals surface area contributed by atoms with E-state index in [1.807, 2.05) is 0 Å². The molecule has 0 bridgehead atoms. The lowest BCUT2D eigenvalue weighted by Crippen LogP contribution is -2.30. The zero-order valence-corrected chi connectivity index (χ0v) is 19.9. The molecule has 0 saturated carbocycles. The lowest BCUT2D eigenvalue weighted by atomic mass is 10.1. The smallest absolute Gasteiger partial charge is 0.00187 e. The van der Waals surface area contributed by atoms with Gasteiger partial charge in [-0.15, -0.1) is 0 Å². The first-order valence-electron chi connectivity index (χ1n) is 13.3. The summed E-state index contributed by atoms with van der Waals surface area (Å²) in [5.41, 5.74) is 0. The Hall–Kier alpha value is -0.0800. The molecule has 2 heteroatoms. The van der Waals surface area contributed by atoms with Gasteiger partial charge in [0.15, 0.2) is 0 Å². The molecule has 2 nitrogen and oxygen atoms in total. The van der Waals surface area contributed by atoms with E-state index in [0.717, 1.165) is 0 Å². The van der Waals surface area contributed by atoms with Gasteiger partial charge in [-0.2, -0.15) is 0 Å². The summed E-state index contributed by atoms with van der Waals surface area (Å²) in [6.07, 6.45) is 25.8. The van der Waals surface area contributed by atoms with E-state index in [1.165, 1.54) is 155 Å². The van der Waals surface area contributed by atoms with Crippen LogP contribution in [0.5, 0.6) is 0 Å². The van der Waals surface area contributed by atoms with Gasteiger partial charge in [-0.3, -0.25) is 0 Å².